The van der Waals surface area contributed by atoms with E-state index in [1.807, 2.05) is 35.8 Å². The molecule has 0 unspecified atom stereocenters. The molecule has 2 aromatic carbocycles. The zero-order valence-electron chi connectivity index (χ0n) is 12.2. The number of aromatic nitrogens is 3. The molecule has 1 heterocycles. The molecule has 3 rings (SSSR count). The SMILES string of the molecule is Cc1cc(Cl)ccc1-n1c(CCc2ccccc2)n[nH]c1=S. The van der Waals surface area contributed by atoms with Crippen LogP contribution in [0.4, 0.5) is 0 Å². The predicted octanol–water partition coefficient (Wildman–Crippen LogP) is 4.68. The molecule has 1 aromatic heterocycles. The standard InChI is InChI=1S/C17H16ClN3S/c1-12-11-14(18)8-9-15(12)21-16(19-20-17(21)22)10-7-13-5-3-2-4-6-13/h2-6,8-9,11H,7,10H2,1H3,(H,20,22). The average molecular weight is 330 g/mol. The van der Waals surface area contributed by atoms with Gasteiger partial charge in [0.25, 0.3) is 0 Å². The molecule has 0 saturated heterocycles. The second kappa shape index (κ2) is 6.46. The maximum atomic E-state index is 6.04. The van der Waals surface area contributed by atoms with Crippen LogP contribution in [0.1, 0.15) is 17.0 Å². The fourth-order valence-electron chi connectivity index (χ4n) is 2.52. The highest BCUT2D eigenvalue weighted by Gasteiger charge is 2.11. The topological polar surface area (TPSA) is 33.6 Å². The summed E-state index contributed by atoms with van der Waals surface area (Å²) in [6.07, 6.45) is 1.74. The monoisotopic (exact) mass is 329 g/mol. The number of aryl methyl sites for hydroxylation is 3. The summed E-state index contributed by atoms with van der Waals surface area (Å²) < 4.78 is 2.60. The summed E-state index contributed by atoms with van der Waals surface area (Å²) in [5.41, 5.74) is 3.38. The highest BCUT2D eigenvalue weighted by atomic mass is 35.5. The van der Waals surface area contributed by atoms with Crippen LogP contribution in [0.25, 0.3) is 5.69 Å². The first-order chi connectivity index (χ1) is 10.6. The Morgan fingerprint density at radius 3 is 2.64 bits per heavy atom. The summed E-state index contributed by atoms with van der Waals surface area (Å²) in [6, 6.07) is 16.2. The lowest BCUT2D eigenvalue weighted by molar-refractivity contribution is 0.817. The van der Waals surface area contributed by atoms with E-state index in [-0.39, 0.29) is 0 Å². The summed E-state index contributed by atoms with van der Waals surface area (Å²) >= 11 is 11.4. The number of rotatable bonds is 4. The van der Waals surface area contributed by atoms with E-state index in [9.17, 15) is 0 Å². The van der Waals surface area contributed by atoms with Gasteiger partial charge in [-0.05, 0) is 54.9 Å². The fourth-order valence-corrected chi connectivity index (χ4v) is 2.99. The van der Waals surface area contributed by atoms with Crippen LogP contribution >= 0.6 is 23.8 Å². The molecular weight excluding hydrogens is 314 g/mol. The number of halogens is 1. The van der Waals surface area contributed by atoms with Gasteiger partial charge in [-0.15, -0.1) is 0 Å². The molecule has 0 spiro atoms. The molecule has 112 valence electrons. The quantitative estimate of drug-likeness (QED) is 0.705. The molecule has 0 aliphatic heterocycles. The molecule has 0 bridgehead atoms. The van der Waals surface area contributed by atoms with Gasteiger partial charge in [-0.2, -0.15) is 5.10 Å². The molecule has 22 heavy (non-hydrogen) atoms. The lowest BCUT2D eigenvalue weighted by Gasteiger charge is -2.10. The fraction of sp³-hybridized carbons (Fsp3) is 0.176. The number of nitrogens with one attached hydrogen (secondary N) is 1. The first-order valence-corrected chi connectivity index (χ1v) is 7.90. The van der Waals surface area contributed by atoms with Crippen molar-refractivity contribution < 1.29 is 0 Å². The van der Waals surface area contributed by atoms with E-state index in [1.165, 1.54) is 5.56 Å². The van der Waals surface area contributed by atoms with Crippen LogP contribution in [0.3, 0.4) is 0 Å². The van der Waals surface area contributed by atoms with Crippen LogP contribution in [0, 0.1) is 11.7 Å². The van der Waals surface area contributed by atoms with E-state index in [0.717, 1.165) is 34.9 Å². The van der Waals surface area contributed by atoms with Gasteiger partial charge in [-0.1, -0.05) is 41.9 Å². The van der Waals surface area contributed by atoms with Gasteiger partial charge in [0.05, 0.1) is 5.69 Å². The van der Waals surface area contributed by atoms with Crippen molar-refractivity contribution in [1.82, 2.24) is 14.8 Å². The van der Waals surface area contributed by atoms with Gasteiger partial charge >= 0.3 is 0 Å². The Morgan fingerprint density at radius 1 is 1.14 bits per heavy atom. The summed E-state index contributed by atoms with van der Waals surface area (Å²) in [7, 11) is 0. The van der Waals surface area contributed by atoms with Crippen molar-refractivity contribution in [3.63, 3.8) is 0 Å². The molecule has 0 amide bonds. The van der Waals surface area contributed by atoms with Crippen LogP contribution < -0.4 is 0 Å². The highest BCUT2D eigenvalue weighted by Crippen LogP contribution is 2.21. The van der Waals surface area contributed by atoms with E-state index in [0.29, 0.717) is 4.77 Å². The number of hydrogen-bond donors (Lipinski definition) is 1. The summed E-state index contributed by atoms with van der Waals surface area (Å²) in [4.78, 5) is 0. The average Bonchev–Trinajstić information content (AvgIpc) is 2.87. The maximum absolute atomic E-state index is 6.04. The van der Waals surface area contributed by atoms with E-state index < -0.39 is 0 Å². The van der Waals surface area contributed by atoms with Gasteiger partial charge in [-0.25, -0.2) is 0 Å². The van der Waals surface area contributed by atoms with Crippen molar-refractivity contribution in [2.24, 2.45) is 0 Å². The third-order valence-electron chi connectivity index (χ3n) is 3.62. The Bertz CT molecular complexity index is 837. The van der Waals surface area contributed by atoms with Crippen LogP contribution in [0.15, 0.2) is 48.5 Å². The number of nitrogens with zero attached hydrogens (tertiary/aromatic N) is 2. The van der Waals surface area contributed by atoms with Crippen LogP contribution in [0.5, 0.6) is 0 Å². The molecule has 0 aliphatic carbocycles. The van der Waals surface area contributed by atoms with E-state index in [4.69, 9.17) is 23.8 Å². The molecule has 3 aromatic rings. The molecular formula is C17H16ClN3S. The van der Waals surface area contributed by atoms with Crippen molar-refractivity contribution in [3.05, 3.63) is 75.3 Å². The molecule has 1 N–H and O–H groups in total. The zero-order chi connectivity index (χ0) is 15.5. The summed E-state index contributed by atoms with van der Waals surface area (Å²) in [6.45, 7) is 2.02. The van der Waals surface area contributed by atoms with Gasteiger partial charge in [0.2, 0.25) is 0 Å². The molecule has 0 fully saturated rings. The van der Waals surface area contributed by atoms with Crippen molar-refractivity contribution >= 4 is 23.8 Å². The number of hydrogen-bond acceptors (Lipinski definition) is 2. The Hall–Kier alpha value is -1.91. The van der Waals surface area contributed by atoms with Crippen LogP contribution in [-0.2, 0) is 12.8 Å². The van der Waals surface area contributed by atoms with Crippen molar-refractivity contribution in [2.75, 3.05) is 0 Å². The minimum atomic E-state index is 0.605. The highest BCUT2D eigenvalue weighted by molar-refractivity contribution is 7.71. The van der Waals surface area contributed by atoms with E-state index in [1.54, 1.807) is 0 Å². The number of benzene rings is 2. The van der Waals surface area contributed by atoms with Crippen LogP contribution in [0.2, 0.25) is 5.02 Å². The minimum absolute atomic E-state index is 0.605. The normalized spacial score (nSPS) is 10.8. The second-order valence-corrected chi connectivity index (χ2v) is 6.02. The number of aromatic amines is 1. The Balaban J connectivity index is 1.92. The van der Waals surface area contributed by atoms with Gasteiger partial charge in [0.15, 0.2) is 4.77 Å². The third-order valence-corrected chi connectivity index (χ3v) is 4.13. The zero-order valence-corrected chi connectivity index (χ0v) is 13.8. The van der Waals surface area contributed by atoms with Crippen LogP contribution in [-0.4, -0.2) is 14.8 Å². The Kier molecular flexibility index (Phi) is 4.41. The maximum Gasteiger partial charge on any atom is 0.199 e. The second-order valence-electron chi connectivity index (χ2n) is 5.20. The number of H-pyrrole nitrogens is 1. The molecule has 0 saturated carbocycles. The smallest absolute Gasteiger partial charge is 0.199 e. The lowest BCUT2D eigenvalue weighted by atomic mass is 10.1. The molecule has 5 heteroatoms. The summed E-state index contributed by atoms with van der Waals surface area (Å²) in [5.74, 6) is 0.930. The first kappa shape index (κ1) is 15.0. The van der Waals surface area contributed by atoms with Crippen molar-refractivity contribution in [2.45, 2.75) is 19.8 Å². The molecule has 0 aliphatic rings. The Morgan fingerprint density at radius 2 is 1.91 bits per heavy atom. The first-order valence-electron chi connectivity index (χ1n) is 7.12. The minimum Gasteiger partial charge on any atom is -0.272 e. The summed E-state index contributed by atoms with van der Waals surface area (Å²) in [5, 5.41) is 8.00. The van der Waals surface area contributed by atoms with Crippen molar-refractivity contribution in [1.29, 1.82) is 0 Å². The Labute approximate surface area is 139 Å². The van der Waals surface area contributed by atoms with E-state index in [2.05, 4.69) is 34.5 Å². The van der Waals surface area contributed by atoms with Crippen molar-refractivity contribution in [3.8, 4) is 5.69 Å². The molecule has 0 atom stereocenters. The third kappa shape index (κ3) is 3.13. The van der Waals surface area contributed by atoms with Gasteiger partial charge in [0.1, 0.15) is 5.82 Å². The molecule has 3 nitrogen and oxygen atoms in total. The largest absolute Gasteiger partial charge is 0.272 e. The van der Waals surface area contributed by atoms with Gasteiger partial charge in [0, 0.05) is 11.4 Å². The predicted molar refractivity (Wildman–Crippen MR) is 92.3 cm³/mol. The van der Waals surface area contributed by atoms with E-state index >= 15 is 0 Å². The molecule has 0 radical (unpaired) electrons. The van der Waals surface area contributed by atoms with Gasteiger partial charge < -0.3 is 0 Å². The lowest BCUT2D eigenvalue weighted by Crippen LogP contribution is -2.05. The van der Waals surface area contributed by atoms with Gasteiger partial charge in [-0.3, -0.25) is 9.67 Å².